The first kappa shape index (κ1) is 21.8. The third-order valence-corrected chi connectivity index (χ3v) is 4.92. The summed E-state index contributed by atoms with van der Waals surface area (Å²) < 4.78 is 16.1. The zero-order chi connectivity index (χ0) is 21.3. The van der Waals surface area contributed by atoms with Crippen LogP contribution in [0.1, 0.15) is 30.1 Å². The molecule has 2 aliphatic heterocycles. The average Bonchev–Trinajstić information content (AvgIpc) is 3.23. The molecule has 0 saturated carbocycles. The van der Waals surface area contributed by atoms with Crippen LogP contribution in [0.5, 0.6) is 5.88 Å². The highest BCUT2D eigenvalue weighted by atomic mass is 16.5. The fourth-order valence-electron chi connectivity index (χ4n) is 3.37. The Balaban J connectivity index is 1.51. The van der Waals surface area contributed by atoms with E-state index < -0.39 is 0 Å². The molecule has 3 rings (SSSR count). The van der Waals surface area contributed by atoms with Gasteiger partial charge < -0.3 is 29.3 Å². The molecule has 0 aromatic carbocycles. The summed E-state index contributed by atoms with van der Waals surface area (Å²) in [6.07, 6.45) is 2.09. The fourth-order valence-corrected chi connectivity index (χ4v) is 3.37. The number of urea groups is 1. The van der Waals surface area contributed by atoms with Gasteiger partial charge in [-0.05, 0) is 19.1 Å². The van der Waals surface area contributed by atoms with E-state index in [0.717, 1.165) is 0 Å². The summed E-state index contributed by atoms with van der Waals surface area (Å²) in [5, 5.41) is 2.71. The van der Waals surface area contributed by atoms with Gasteiger partial charge in [0.05, 0.1) is 32.8 Å². The van der Waals surface area contributed by atoms with E-state index in [0.29, 0.717) is 58.0 Å². The lowest BCUT2D eigenvalue weighted by Gasteiger charge is -2.27. The topological polar surface area (TPSA) is 110 Å². The number of rotatable bonds is 7. The van der Waals surface area contributed by atoms with Crippen LogP contribution in [0.2, 0.25) is 0 Å². The Morgan fingerprint density at radius 1 is 1.23 bits per heavy atom. The highest BCUT2D eigenvalue weighted by Crippen LogP contribution is 2.22. The van der Waals surface area contributed by atoms with Gasteiger partial charge in [-0.2, -0.15) is 0 Å². The van der Waals surface area contributed by atoms with Crippen molar-refractivity contribution in [3.05, 3.63) is 23.9 Å². The Bertz CT molecular complexity index is 753. The predicted molar refractivity (Wildman–Crippen MR) is 106 cm³/mol. The van der Waals surface area contributed by atoms with Gasteiger partial charge in [0.25, 0.3) is 5.91 Å². The molecule has 1 aromatic rings. The summed E-state index contributed by atoms with van der Waals surface area (Å²) in [7, 11) is 0. The van der Waals surface area contributed by atoms with Crippen LogP contribution >= 0.6 is 0 Å². The molecule has 1 unspecified atom stereocenters. The summed E-state index contributed by atoms with van der Waals surface area (Å²) in [6.45, 7) is 5.30. The second kappa shape index (κ2) is 10.8. The molecule has 0 spiro atoms. The molecule has 1 N–H and O–H groups in total. The number of carbonyl (C=O) groups excluding carboxylic acids is 3. The smallest absolute Gasteiger partial charge is 0.317 e. The standard InChI is InChI=1S/C20H28N4O6/c1-2-29-17(25)5-8-22-20(27)24-9-6-15(14-24)30-18-16(4-3-7-21-18)19(26)23-10-12-28-13-11-23/h3-4,7,15H,2,5-6,8-14H2,1H3,(H,22,27). The molecular weight excluding hydrogens is 392 g/mol. The molecule has 1 atom stereocenters. The fraction of sp³-hybridized carbons (Fsp3) is 0.600. The summed E-state index contributed by atoms with van der Waals surface area (Å²) in [4.78, 5) is 44.1. The second-order valence-electron chi connectivity index (χ2n) is 7.02. The summed E-state index contributed by atoms with van der Waals surface area (Å²) in [5.74, 6) is -0.190. The van der Waals surface area contributed by atoms with Crippen LogP contribution in [0.3, 0.4) is 0 Å². The van der Waals surface area contributed by atoms with E-state index >= 15 is 0 Å². The molecule has 0 aliphatic carbocycles. The maximum atomic E-state index is 12.8. The maximum Gasteiger partial charge on any atom is 0.317 e. The van der Waals surface area contributed by atoms with E-state index in [1.165, 1.54) is 0 Å². The van der Waals surface area contributed by atoms with Crippen molar-refractivity contribution >= 4 is 17.9 Å². The summed E-state index contributed by atoms with van der Waals surface area (Å²) in [6, 6.07) is 3.16. The molecule has 10 nitrogen and oxygen atoms in total. The number of pyridine rings is 1. The van der Waals surface area contributed by atoms with Crippen LogP contribution in [0.25, 0.3) is 0 Å². The van der Waals surface area contributed by atoms with Gasteiger partial charge in [0.15, 0.2) is 0 Å². The molecule has 164 valence electrons. The number of esters is 1. The number of hydrogen-bond acceptors (Lipinski definition) is 7. The van der Waals surface area contributed by atoms with Crippen molar-refractivity contribution in [2.45, 2.75) is 25.9 Å². The van der Waals surface area contributed by atoms with E-state index in [-0.39, 0.29) is 42.9 Å². The zero-order valence-corrected chi connectivity index (χ0v) is 17.2. The Kier molecular flexibility index (Phi) is 7.83. The van der Waals surface area contributed by atoms with Crippen molar-refractivity contribution in [2.24, 2.45) is 0 Å². The molecule has 1 aromatic heterocycles. The number of likely N-dealkylation sites (tertiary alicyclic amines) is 1. The van der Waals surface area contributed by atoms with Crippen LogP contribution in [0.15, 0.2) is 18.3 Å². The van der Waals surface area contributed by atoms with E-state index in [9.17, 15) is 14.4 Å². The van der Waals surface area contributed by atoms with Gasteiger partial charge in [0.2, 0.25) is 5.88 Å². The van der Waals surface area contributed by atoms with Crippen LogP contribution in [-0.4, -0.2) is 91.3 Å². The molecule has 3 amide bonds. The summed E-state index contributed by atoms with van der Waals surface area (Å²) in [5.41, 5.74) is 0.414. The average molecular weight is 420 g/mol. The Labute approximate surface area is 175 Å². The SMILES string of the molecule is CCOC(=O)CCNC(=O)N1CCC(Oc2ncccc2C(=O)N2CCOCC2)C1. The van der Waals surface area contributed by atoms with E-state index in [4.69, 9.17) is 14.2 Å². The summed E-state index contributed by atoms with van der Waals surface area (Å²) >= 11 is 0. The number of morpholine rings is 1. The van der Waals surface area contributed by atoms with Gasteiger partial charge >= 0.3 is 12.0 Å². The predicted octanol–water partition coefficient (Wildman–Crippen LogP) is 0.670. The molecule has 10 heteroatoms. The molecular formula is C20H28N4O6. The first-order chi connectivity index (χ1) is 14.6. The number of nitrogens with one attached hydrogen (secondary N) is 1. The van der Waals surface area contributed by atoms with Crippen LogP contribution < -0.4 is 10.1 Å². The number of hydrogen-bond donors (Lipinski definition) is 1. The van der Waals surface area contributed by atoms with Gasteiger partial charge in [0.1, 0.15) is 11.7 Å². The van der Waals surface area contributed by atoms with Crippen molar-refractivity contribution in [3.63, 3.8) is 0 Å². The number of nitrogens with zero attached hydrogens (tertiary/aromatic N) is 3. The van der Waals surface area contributed by atoms with Gasteiger partial charge in [0, 0.05) is 38.8 Å². The third kappa shape index (κ3) is 5.82. The largest absolute Gasteiger partial charge is 0.472 e. The molecule has 2 fully saturated rings. The minimum atomic E-state index is -0.340. The lowest BCUT2D eigenvalue weighted by atomic mass is 10.2. The number of carbonyl (C=O) groups is 3. The van der Waals surface area contributed by atoms with Crippen molar-refractivity contribution < 1.29 is 28.6 Å². The highest BCUT2D eigenvalue weighted by molar-refractivity contribution is 5.96. The Morgan fingerprint density at radius 2 is 2.03 bits per heavy atom. The molecule has 30 heavy (non-hydrogen) atoms. The molecule has 0 radical (unpaired) electrons. The quantitative estimate of drug-likeness (QED) is 0.646. The van der Waals surface area contributed by atoms with Gasteiger partial charge in [-0.15, -0.1) is 0 Å². The molecule has 2 aliphatic rings. The van der Waals surface area contributed by atoms with Crippen molar-refractivity contribution in [1.29, 1.82) is 0 Å². The lowest BCUT2D eigenvalue weighted by Crippen LogP contribution is -2.41. The lowest BCUT2D eigenvalue weighted by molar-refractivity contribution is -0.142. The van der Waals surface area contributed by atoms with E-state index in [1.54, 1.807) is 35.1 Å². The number of aromatic nitrogens is 1. The van der Waals surface area contributed by atoms with Crippen molar-refractivity contribution in [2.75, 3.05) is 52.5 Å². The molecule has 2 saturated heterocycles. The van der Waals surface area contributed by atoms with Crippen LogP contribution in [0, 0.1) is 0 Å². The zero-order valence-electron chi connectivity index (χ0n) is 17.2. The third-order valence-electron chi connectivity index (χ3n) is 4.92. The second-order valence-corrected chi connectivity index (χ2v) is 7.02. The van der Waals surface area contributed by atoms with Gasteiger partial charge in [-0.25, -0.2) is 9.78 Å². The molecule has 3 heterocycles. The Hall–Kier alpha value is -2.88. The normalized spacial score (nSPS) is 18.8. The highest BCUT2D eigenvalue weighted by Gasteiger charge is 2.30. The first-order valence-corrected chi connectivity index (χ1v) is 10.3. The van der Waals surface area contributed by atoms with Crippen molar-refractivity contribution in [1.82, 2.24) is 20.1 Å². The van der Waals surface area contributed by atoms with Crippen LogP contribution in [0.4, 0.5) is 4.79 Å². The monoisotopic (exact) mass is 420 g/mol. The van der Waals surface area contributed by atoms with E-state index in [1.807, 2.05) is 0 Å². The first-order valence-electron chi connectivity index (χ1n) is 10.3. The van der Waals surface area contributed by atoms with Gasteiger partial charge in [-0.3, -0.25) is 9.59 Å². The van der Waals surface area contributed by atoms with Gasteiger partial charge in [-0.1, -0.05) is 0 Å². The maximum absolute atomic E-state index is 12.8. The number of ether oxygens (including phenoxy) is 3. The van der Waals surface area contributed by atoms with Crippen LogP contribution in [-0.2, 0) is 14.3 Å². The minimum absolute atomic E-state index is 0.132. The van der Waals surface area contributed by atoms with Crippen molar-refractivity contribution in [3.8, 4) is 5.88 Å². The Morgan fingerprint density at radius 3 is 2.80 bits per heavy atom. The minimum Gasteiger partial charge on any atom is -0.472 e. The van der Waals surface area contributed by atoms with E-state index in [2.05, 4.69) is 10.3 Å². The molecule has 0 bridgehead atoms. The number of amides is 3.